The van der Waals surface area contributed by atoms with Crippen molar-refractivity contribution >= 4 is 28.4 Å². The van der Waals surface area contributed by atoms with Crippen LogP contribution >= 0.6 is 11.6 Å². The number of carbonyl (C=O) groups excluding carboxylic acids is 1. The van der Waals surface area contributed by atoms with Gasteiger partial charge in [-0.15, -0.1) is 0 Å². The molecule has 21 heavy (non-hydrogen) atoms. The second-order valence-electron chi connectivity index (χ2n) is 5.08. The second kappa shape index (κ2) is 6.87. The minimum absolute atomic E-state index is 0.204. The number of methoxy groups -OCH3 is 1. The maximum Gasteiger partial charge on any atom is 0.254 e. The molecule has 1 aromatic carbocycles. The van der Waals surface area contributed by atoms with Crippen LogP contribution in [0.5, 0.6) is 0 Å². The molecular weight excluding hydrogens is 288 g/mol. The quantitative estimate of drug-likeness (QED) is 0.681. The molecule has 0 aliphatic rings. The number of hydrogen-bond acceptors (Lipinski definition) is 3. The molecule has 1 heterocycles. The minimum Gasteiger partial charge on any atom is -0.385 e. The Balaban J connectivity index is 2.27. The third-order valence-corrected chi connectivity index (χ3v) is 3.55. The summed E-state index contributed by atoms with van der Waals surface area (Å²) in [6, 6.07) is 5.86. The van der Waals surface area contributed by atoms with E-state index in [1.54, 1.807) is 13.2 Å². The summed E-state index contributed by atoms with van der Waals surface area (Å²) >= 11 is 6.15. The fourth-order valence-corrected chi connectivity index (χ4v) is 2.53. The van der Waals surface area contributed by atoms with E-state index in [1.165, 1.54) is 0 Å². The Labute approximate surface area is 129 Å². The summed E-state index contributed by atoms with van der Waals surface area (Å²) in [5.74, 6) is -0.204. The predicted molar refractivity (Wildman–Crippen MR) is 85.1 cm³/mol. The highest BCUT2D eigenvalue weighted by molar-refractivity contribution is 6.33. The van der Waals surface area contributed by atoms with E-state index in [1.807, 2.05) is 19.9 Å². The van der Waals surface area contributed by atoms with E-state index in [0.29, 0.717) is 18.7 Å². The highest BCUT2D eigenvalue weighted by Gasteiger charge is 2.13. The maximum atomic E-state index is 12.2. The van der Waals surface area contributed by atoms with Gasteiger partial charge in [0.25, 0.3) is 5.91 Å². The molecule has 1 N–H and O–H groups in total. The molecule has 2 aromatic rings. The number of nitrogens with zero attached hydrogens (tertiary/aromatic N) is 1. The molecule has 4 nitrogen and oxygen atoms in total. The lowest BCUT2D eigenvalue weighted by atomic mass is 10.1. The highest BCUT2D eigenvalue weighted by atomic mass is 35.5. The first kappa shape index (κ1) is 15.7. The van der Waals surface area contributed by atoms with E-state index >= 15 is 0 Å². The van der Waals surface area contributed by atoms with Gasteiger partial charge in [0.1, 0.15) is 5.15 Å². The topological polar surface area (TPSA) is 51.2 Å². The average molecular weight is 307 g/mol. The summed E-state index contributed by atoms with van der Waals surface area (Å²) < 4.78 is 4.95. The van der Waals surface area contributed by atoms with E-state index in [-0.39, 0.29) is 11.1 Å². The first-order valence-corrected chi connectivity index (χ1v) is 7.25. The standard InChI is InChI=1S/C16H19ClN2O2/c1-10-7-11(2)14-12(8-10)9-13(15(17)19-14)16(20)18-5-4-6-21-3/h7-9H,4-6H2,1-3H3,(H,18,20). The summed E-state index contributed by atoms with van der Waals surface area (Å²) in [6.45, 7) is 5.17. The number of benzene rings is 1. The van der Waals surface area contributed by atoms with Crippen LogP contribution in [0.1, 0.15) is 27.9 Å². The predicted octanol–water partition coefficient (Wildman–Crippen LogP) is 3.27. The Morgan fingerprint density at radius 2 is 2.10 bits per heavy atom. The average Bonchev–Trinajstić information content (AvgIpc) is 2.43. The number of hydrogen-bond donors (Lipinski definition) is 1. The monoisotopic (exact) mass is 306 g/mol. The van der Waals surface area contributed by atoms with E-state index in [9.17, 15) is 4.79 Å². The molecule has 5 heteroatoms. The van der Waals surface area contributed by atoms with Crippen molar-refractivity contribution in [3.8, 4) is 0 Å². The van der Waals surface area contributed by atoms with Gasteiger partial charge in [-0.1, -0.05) is 23.2 Å². The number of aromatic nitrogens is 1. The zero-order valence-electron chi connectivity index (χ0n) is 12.5. The number of ether oxygens (including phenoxy) is 1. The normalized spacial score (nSPS) is 10.9. The van der Waals surface area contributed by atoms with Crippen molar-refractivity contribution < 1.29 is 9.53 Å². The van der Waals surface area contributed by atoms with Gasteiger partial charge in [0.05, 0.1) is 11.1 Å². The van der Waals surface area contributed by atoms with Gasteiger partial charge >= 0.3 is 0 Å². The number of fused-ring (bicyclic) bond motifs is 1. The van der Waals surface area contributed by atoms with Gasteiger partial charge in [-0.2, -0.15) is 0 Å². The van der Waals surface area contributed by atoms with Crippen molar-refractivity contribution in [2.75, 3.05) is 20.3 Å². The Hall–Kier alpha value is -1.65. The Morgan fingerprint density at radius 3 is 2.81 bits per heavy atom. The summed E-state index contributed by atoms with van der Waals surface area (Å²) in [7, 11) is 1.64. The molecule has 0 saturated heterocycles. The molecule has 1 aromatic heterocycles. The Kier molecular flexibility index (Phi) is 5.15. The van der Waals surface area contributed by atoms with Crippen LogP contribution in [0.15, 0.2) is 18.2 Å². The van der Waals surface area contributed by atoms with Crippen LogP contribution in [-0.4, -0.2) is 31.2 Å². The van der Waals surface area contributed by atoms with Crippen LogP contribution in [0.4, 0.5) is 0 Å². The Bertz CT molecular complexity index is 671. The SMILES string of the molecule is COCCCNC(=O)c1cc2cc(C)cc(C)c2nc1Cl. The molecule has 0 aliphatic heterocycles. The lowest BCUT2D eigenvalue weighted by Crippen LogP contribution is -2.25. The molecule has 0 aliphatic carbocycles. The number of rotatable bonds is 5. The number of halogens is 1. The number of amides is 1. The van der Waals surface area contributed by atoms with Gasteiger partial charge < -0.3 is 10.1 Å². The smallest absolute Gasteiger partial charge is 0.254 e. The third-order valence-electron chi connectivity index (χ3n) is 3.26. The molecular formula is C16H19ClN2O2. The van der Waals surface area contributed by atoms with Crippen molar-refractivity contribution in [3.63, 3.8) is 0 Å². The second-order valence-corrected chi connectivity index (χ2v) is 5.44. The fraction of sp³-hybridized carbons (Fsp3) is 0.375. The molecule has 0 spiro atoms. The zero-order chi connectivity index (χ0) is 15.4. The molecule has 0 unspecified atom stereocenters. The molecule has 2 rings (SSSR count). The van der Waals surface area contributed by atoms with Crippen LogP contribution in [0.25, 0.3) is 10.9 Å². The third kappa shape index (κ3) is 3.71. The first-order chi connectivity index (χ1) is 10.0. The molecule has 1 amide bonds. The molecule has 112 valence electrons. The van der Waals surface area contributed by atoms with Crippen molar-refractivity contribution in [1.82, 2.24) is 10.3 Å². The van der Waals surface area contributed by atoms with Crippen molar-refractivity contribution in [3.05, 3.63) is 40.0 Å². The Morgan fingerprint density at radius 1 is 1.33 bits per heavy atom. The van der Waals surface area contributed by atoms with Crippen LogP contribution in [0, 0.1) is 13.8 Å². The molecule has 0 saturated carbocycles. The van der Waals surface area contributed by atoms with E-state index in [2.05, 4.69) is 16.4 Å². The number of carbonyl (C=O) groups is 1. The van der Waals surface area contributed by atoms with Gasteiger partial charge in [0.2, 0.25) is 0 Å². The number of pyridine rings is 1. The van der Waals surface area contributed by atoms with Crippen LogP contribution in [0.2, 0.25) is 5.15 Å². The van der Waals surface area contributed by atoms with Gasteiger partial charge in [0, 0.05) is 25.6 Å². The number of aryl methyl sites for hydroxylation is 2. The summed E-state index contributed by atoms with van der Waals surface area (Å²) in [5, 5.41) is 3.99. The van der Waals surface area contributed by atoms with Gasteiger partial charge in [-0.25, -0.2) is 4.98 Å². The maximum absolute atomic E-state index is 12.2. The van der Waals surface area contributed by atoms with Crippen LogP contribution in [-0.2, 0) is 4.74 Å². The van der Waals surface area contributed by atoms with Gasteiger partial charge in [0.15, 0.2) is 0 Å². The van der Waals surface area contributed by atoms with E-state index < -0.39 is 0 Å². The lowest BCUT2D eigenvalue weighted by Gasteiger charge is -2.09. The van der Waals surface area contributed by atoms with Crippen LogP contribution < -0.4 is 5.32 Å². The molecule has 0 fully saturated rings. The molecule has 0 atom stereocenters. The first-order valence-electron chi connectivity index (χ1n) is 6.87. The lowest BCUT2D eigenvalue weighted by molar-refractivity contribution is 0.0948. The molecule has 0 bridgehead atoms. The minimum atomic E-state index is -0.204. The summed E-state index contributed by atoms with van der Waals surface area (Å²) in [4.78, 5) is 16.5. The van der Waals surface area contributed by atoms with E-state index in [0.717, 1.165) is 28.5 Å². The van der Waals surface area contributed by atoms with Crippen molar-refractivity contribution in [2.45, 2.75) is 20.3 Å². The largest absolute Gasteiger partial charge is 0.385 e. The highest BCUT2D eigenvalue weighted by Crippen LogP contribution is 2.24. The zero-order valence-corrected chi connectivity index (χ0v) is 13.3. The van der Waals surface area contributed by atoms with Crippen LogP contribution in [0.3, 0.4) is 0 Å². The van der Waals surface area contributed by atoms with Crippen molar-refractivity contribution in [2.24, 2.45) is 0 Å². The van der Waals surface area contributed by atoms with Crippen molar-refractivity contribution in [1.29, 1.82) is 0 Å². The summed E-state index contributed by atoms with van der Waals surface area (Å²) in [5.41, 5.74) is 3.43. The van der Waals surface area contributed by atoms with Gasteiger partial charge in [-0.3, -0.25) is 4.79 Å². The summed E-state index contributed by atoms with van der Waals surface area (Å²) in [6.07, 6.45) is 0.763. The molecule has 0 radical (unpaired) electrons. The fourth-order valence-electron chi connectivity index (χ4n) is 2.30. The van der Waals surface area contributed by atoms with Gasteiger partial charge in [-0.05, 0) is 38.0 Å². The number of nitrogens with one attached hydrogen (secondary N) is 1. The van der Waals surface area contributed by atoms with E-state index in [4.69, 9.17) is 16.3 Å².